The van der Waals surface area contributed by atoms with Crippen LogP contribution in [0.15, 0.2) is 36.5 Å². The van der Waals surface area contributed by atoms with Gasteiger partial charge in [-0.3, -0.25) is 4.79 Å². The monoisotopic (exact) mass is 448 g/mol. The molecular weight excluding hydrogens is 416 g/mol. The Kier molecular flexibility index (Phi) is 5.46. The molecule has 0 unspecified atom stereocenters. The predicted octanol–water partition coefficient (Wildman–Crippen LogP) is 4.24. The van der Waals surface area contributed by atoms with Crippen LogP contribution in [0.4, 0.5) is 22.9 Å². The van der Waals surface area contributed by atoms with Gasteiger partial charge in [-0.15, -0.1) is 0 Å². The van der Waals surface area contributed by atoms with Crippen molar-refractivity contribution >= 4 is 28.8 Å². The van der Waals surface area contributed by atoms with Crippen molar-refractivity contribution in [3.63, 3.8) is 0 Å². The number of fused-ring (bicyclic) bond motifs is 4. The van der Waals surface area contributed by atoms with E-state index in [1.54, 1.807) is 13.3 Å². The third-order valence-corrected chi connectivity index (χ3v) is 7.78. The molecular formula is C26H32N4O3. The lowest BCUT2D eigenvalue weighted by molar-refractivity contribution is -0.124. The topological polar surface area (TPSA) is 66.9 Å². The largest absolute Gasteiger partial charge is 0.381 e. The first-order valence-electron chi connectivity index (χ1n) is 12.3. The summed E-state index contributed by atoms with van der Waals surface area (Å²) in [6, 6.07) is 10.5. The minimum absolute atomic E-state index is 0.0327. The number of methoxy groups -OCH3 is 1. The van der Waals surface area contributed by atoms with E-state index in [0.29, 0.717) is 18.8 Å². The highest BCUT2D eigenvalue weighted by molar-refractivity contribution is 6.00. The molecule has 4 heterocycles. The second-order valence-electron chi connectivity index (χ2n) is 9.83. The Morgan fingerprint density at radius 1 is 1.09 bits per heavy atom. The zero-order valence-corrected chi connectivity index (χ0v) is 19.2. The summed E-state index contributed by atoms with van der Waals surface area (Å²) < 4.78 is 11.6. The second kappa shape index (κ2) is 8.61. The van der Waals surface area contributed by atoms with Crippen molar-refractivity contribution in [1.82, 2.24) is 4.98 Å². The summed E-state index contributed by atoms with van der Waals surface area (Å²) in [5.41, 5.74) is 4.09. The smallest absolute Gasteiger partial charge is 0.230 e. The van der Waals surface area contributed by atoms with Crippen molar-refractivity contribution in [2.45, 2.75) is 63.4 Å². The summed E-state index contributed by atoms with van der Waals surface area (Å²) in [6.45, 7) is 2.36. The number of pyridine rings is 1. The lowest BCUT2D eigenvalue weighted by Crippen LogP contribution is -2.43. The van der Waals surface area contributed by atoms with Gasteiger partial charge in [0.2, 0.25) is 5.91 Å². The molecule has 0 spiro atoms. The van der Waals surface area contributed by atoms with Crippen molar-refractivity contribution in [1.29, 1.82) is 0 Å². The number of amides is 1. The number of aromatic nitrogens is 1. The maximum atomic E-state index is 13.9. The Labute approximate surface area is 195 Å². The third-order valence-electron chi connectivity index (χ3n) is 7.78. The van der Waals surface area contributed by atoms with Crippen LogP contribution in [0.1, 0.15) is 44.1 Å². The number of benzene rings is 1. The number of nitrogens with one attached hydrogen (secondary N) is 1. The summed E-state index contributed by atoms with van der Waals surface area (Å²) in [4.78, 5) is 22.8. The summed E-state index contributed by atoms with van der Waals surface area (Å²) in [5.74, 6) is 1.07. The third kappa shape index (κ3) is 3.97. The molecule has 33 heavy (non-hydrogen) atoms. The van der Waals surface area contributed by atoms with Crippen LogP contribution in [0.25, 0.3) is 0 Å². The van der Waals surface area contributed by atoms with Crippen LogP contribution in [0.2, 0.25) is 0 Å². The fourth-order valence-electron chi connectivity index (χ4n) is 5.90. The van der Waals surface area contributed by atoms with Crippen LogP contribution in [0, 0.1) is 5.92 Å². The van der Waals surface area contributed by atoms with E-state index in [0.717, 1.165) is 80.1 Å². The highest BCUT2D eigenvalue weighted by Crippen LogP contribution is 2.40. The number of carbonyl (C=O) groups is 1. The van der Waals surface area contributed by atoms with Gasteiger partial charge in [-0.2, -0.15) is 0 Å². The molecule has 3 fully saturated rings. The van der Waals surface area contributed by atoms with Gasteiger partial charge in [-0.25, -0.2) is 4.98 Å². The maximum absolute atomic E-state index is 13.9. The first-order valence-corrected chi connectivity index (χ1v) is 12.3. The molecule has 3 aliphatic heterocycles. The first kappa shape index (κ1) is 20.9. The molecule has 2 atom stereocenters. The Bertz CT molecular complexity index is 1020. The van der Waals surface area contributed by atoms with Crippen LogP contribution >= 0.6 is 0 Å². The number of hydrogen-bond acceptors (Lipinski definition) is 6. The molecule has 1 N–H and O–H groups in total. The number of ether oxygens (including phenoxy) is 2. The van der Waals surface area contributed by atoms with E-state index >= 15 is 0 Å². The van der Waals surface area contributed by atoms with Gasteiger partial charge in [0.15, 0.2) is 0 Å². The molecule has 6 rings (SSSR count). The van der Waals surface area contributed by atoms with E-state index in [9.17, 15) is 4.79 Å². The van der Waals surface area contributed by atoms with Gasteiger partial charge < -0.3 is 24.6 Å². The summed E-state index contributed by atoms with van der Waals surface area (Å²) in [6.07, 6.45) is 8.65. The zero-order chi connectivity index (χ0) is 22.4. The van der Waals surface area contributed by atoms with Gasteiger partial charge in [0.1, 0.15) is 5.82 Å². The van der Waals surface area contributed by atoms with E-state index in [2.05, 4.69) is 39.5 Å². The molecule has 1 aromatic heterocycles. The van der Waals surface area contributed by atoms with Gasteiger partial charge >= 0.3 is 0 Å². The Morgan fingerprint density at radius 3 is 2.64 bits per heavy atom. The average Bonchev–Trinajstić information content (AvgIpc) is 3.10. The number of rotatable bonds is 3. The van der Waals surface area contributed by atoms with Crippen LogP contribution in [-0.2, 0) is 20.8 Å². The predicted molar refractivity (Wildman–Crippen MR) is 128 cm³/mol. The van der Waals surface area contributed by atoms with Gasteiger partial charge in [-0.1, -0.05) is 6.07 Å². The molecule has 7 nitrogen and oxygen atoms in total. The summed E-state index contributed by atoms with van der Waals surface area (Å²) in [7, 11) is 1.77. The van der Waals surface area contributed by atoms with Gasteiger partial charge in [0.05, 0.1) is 36.2 Å². The lowest BCUT2D eigenvalue weighted by atomic mass is 9.86. The fourth-order valence-corrected chi connectivity index (χ4v) is 5.90. The molecule has 2 bridgehead atoms. The molecule has 4 aliphatic rings. The summed E-state index contributed by atoms with van der Waals surface area (Å²) >= 11 is 0. The second-order valence-corrected chi connectivity index (χ2v) is 9.83. The fraction of sp³-hybridized carbons (Fsp3) is 0.538. The van der Waals surface area contributed by atoms with Crippen molar-refractivity contribution in [3.8, 4) is 0 Å². The van der Waals surface area contributed by atoms with E-state index in [-0.39, 0.29) is 17.9 Å². The quantitative estimate of drug-likeness (QED) is 0.758. The first-order chi connectivity index (χ1) is 16.2. The van der Waals surface area contributed by atoms with Gasteiger partial charge in [0, 0.05) is 43.6 Å². The highest BCUT2D eigenvalue weighted by atomic mass is 16.5. The van der Waals surface area contributed by atoms with Crippen molar-refractivity contribution < 1.29 is 14.3 Å². The number of carbonyl (C=O) groups excluding carboxylic acids is 1. The van der Waals surface area contributed by atoms with Crippen LogP contribution in [0.5, 0.6) is 0 Å². The van der Waals surface area contributed by atoms with Crippen LogP contribution in [0.3, 0.4) is 0 Å². The molecule has 1 saturated carbocycles. The van der Waals surface area contributed by atoms with Crippen LogP contribution in [-0.4, -0.2) is 49.4 Å². The van der Waals surface area contributed by atoms with E-state index in [1.165, 1.54) is 0 Å². The molecule has 2 saturated heterocycles. The van der Waals surface area contributed by atoms with Crippen molar-refractivity contribution in [2.24, 2.45) is 5.92 Å². The molecule has 174 valence electrons. The number of nitrogens with zero attached hydrogens (tertiary/aromatic N) is 3. The molecule has 1 amide bonds. The Balaban J connectivity index is 1.34. The van der Waals surface area contributed by atoms with Crippen molar-refractivity contribution in [3.05, 3.63) is 42.1 Å². The normalized spacial score (nSPS) is 28.5. The Morgan fingerprint density at radius 2 is 1.88 bits per heavy atom. The number of anilines is 4. The molecule has 1 aromatic carbocycles. The number of hydrogen-bond donors (Lipinski definition) is 1. The van der Waals surface area contributed by atoms with Gasteiger partial charge in [-0.05, 0) is 62.8 Å². The average molecular weight is 449 g/mol. The van der Waals surface area contributed by atoms with E-state index in [4.69, 9.17) is 9.47 Å². The van der Waals surface area contributed by atoms with Crippen molar-refractivity contribution in [2.75, 3.05) is 35.3 Å². The SMILES string of the molecule is CO[C@H]1CC[C@H](C(=O)N2Cc3cccnc3Nc3ccc(N4C[C@H]5CC[C@@H](C4)O5)cc32)CC1. The Hall–Kier alpha value is -2.64. The van der Waals surface area contributed by atoms with Crippen LogP contribution < -0.4 is 15.1 Å². The molecule has 1 aliphatic carbocycles. The minimum atomic E-state index is 0.0327. The maximum Gasteiger partial charge on any atom is 0.230 e. The highest BCUT2D eigenvalue weighted by Gasteiger charge is 2.36. The minimum Gasteiger partial charge on any atom is -0.381 e. The van der Waals surface area contributed by atoms with Gasteiger partial charge in [0.25, 0.3) is 0 Å². The molecule has 7 heteroatoms. The standard InChI is InChI=1S/C26H32N4O3/c1-32-20-7-4-17(5-8-20)26(31)30-14-18-3-2-12-27-25(18)28-23-11-6-19(13-24(23)30)29-15-21-9-10-22(16-29)33-21/h2-3,6,11-13,17,20-22H,4-5,7-10,14-16H2,1H3,(H,27,28)/t17-,20-,21-,22+. The summed E-state index contributed by atoms with van der Waals surface area (Å²) in [5, 5.41) is 3.50. The van der Waals surface area contributed by atoms with E-state index in [1.807, 2.05) is 11.0 Å². The molecule has 0 radical (unpaired) electrons. The number of morpholine rings is 1. The van der Waals surface area contributed by atoms with E-state index < -0.39 is 0 Å². The molecule has 2 aromatic rings. The lowest BCUT2D eigenvalue weighted by Gasteiger charge is -2.35. The zero-order valence-electron chi connectivity index (χ0n) is 19.2.